The first-order chi connectivity index (χ1) is 13.7. The third-order valence-corrected chi connectivity index (χ3v) is 4.65. The van der Waals surface area contributed by atoms with Crippen LogP contribution in [0, 0.1) is 0 Å². The van der Waals surface area contributed by atoms with Gasteiger partial charge in [-0.15, -0.1) is 0 Å². The Morgan fingerprint density at radius 2 is 1.48 bits per heavy atom. The van der Waals surface area contributed by atoms with E-state index in [1.165, 1.54) is 0 Å². The fraction of sp³-hybridized carbons (Fsp3) is 0.571. The highest BCUT2D eigenvalue weighted by molar-refractivity contribution is 5.79. The van der Waals surface area contributed by atoms with Crippen LogP contribution in [0.25, 0.3) is 0 Å². The van der Waals surface area contributed by atoms with E-state index in [2.05, 4.69) is 5.32 Å². The molecule has 0 saturated carbocycles. The Labute approximate surface area is 172 Å². The molecule has 0 unspecified atom stereocenters. The van der Waals surface area contributed by atoms with Crippen LogP contribution in [0.1, 0.15) is 38.3 Å². The molecule has 0 aromatic heterocycles. The minimum Gasteiger partial charge on any atom is -0.444 e. The van der Waals surface area contributed by atoms with Gasteiger partial charge in [0.2, 0.25) is 11.8 Å². The highest BCUT2D eigenvalue weighted by Gasteiger charge is 2.23. The maximum Gasteiger partial charge on any atom is 0.407 e. The summed E-state index contributed by atoms with van der Waals surface area (Å²) in [5.74, 6) is 0.0267. The lowest BCUT2D eigenvalue weighted by Gasteiger charge is -2.34. The molecule has 160 valence electrons. The van der Waals surface area contributed by atoms with Crippen molar-refractivity contribution in [3.63, 3.8) is 0 Å². The number of carbonyl (C=O) groups is 3. The average Bonchev–Trinajstić information content (AvgIpc) is 2.69. The predicted molar refractivity (Wildman–Crippen MR) is 110 cm³/mol. The molecule has 0 bridgehead atoms. The number of amides is 3. The molecule has 1 aromatic carbocycles. The number of piperazine rings is 1. The number of carbonyl (C=O) groups excluding carboxylic acids is 3. The Balaban J connectivity index is 1.72. The number of ether oxygens (including phenoxy) is 1. The molecule has 3 amide bonds. The number of alkyl carbamates (subject to hydrolysis) is 1. The SMILES string of the molecule is CC(C)(C)OC(=O)NCc1ccc(CCC(=O)N2CCN(C(=O)CN)CC2)cc1. The van der Waals surface area contributed by atoms with Crippen LogP contribution in [0.4, 0.5) is 4.79 Å². The summed E-state index contributed by atoms with van der Waals surface area (Å²) in [5.41, 5.74) is 6.89. The van der Waals surface area contributed by atoms with Gasteiger partial charge in [-0.05, 0) is 38.3 Å². The van der Waals surface area contributed by atoms with E-state index in [1.54, 1.807) is 9.80 Å². The molecule has 8 heteroatoms. The summed E-state index contributed by atoms with van der Waals surface area (Å²) in [6, 6.07) is 7.82. The van der Waals surface area contributed by atoms with Gasteiger partial charge >= 0.3 is 6.09 Å². The third-order valence-electron chi connectivity index (χ3n) is 4.65. The van der Waals surface area contributed by atoms with E-state index in [0.717, 1.165) is 11.1 Å². The molecule has 0 aliphatic carbocycles. The second-order valence-corrected chi connectivity index (χ2v) is 8.14. The van der Waals surface area contributed by atoms with E-state index >= 15 is 0 Å². The smallest absolute Gasteiger partial charge is 0.407 e. The summed E-state index contributed by atoms with van der Waals surface area (Å²) in [6.45, 7) is 8.06. The number of nitrogens with one attached hydrogen (secondary N) is 1. The number of hydrogen-bond acceptors (Lipinski definition) is 5. The topological polar surface area (TPSA) is 105 Å². The van der Waals surface area contributed by atoms with Gasteiger partial charge in [-0.3, -0.25) is 9.59 Å². The van der Waals surface area contributed by atoms with Crippen molar-refractivity contribution in [2.45, 2.75) is 45.8 Å². The van der Waals surface area contributed by atoms with E-state index < -0.39 is 11.7 Å². The van der Waals surface area contributed by atoms with Gasteiger partial charge in [-0.2, -0.15) is 0 Å². The third kappa shape index (κ3) is 7.73. The van der Waals surface area contributed by atoms with Crippen LogP contribution >= 0.6 is 0 Å². The van der Waals surface area contributed by atoms with Crippen molar-refractivity contribution in [3.05, 3.63) is 35.4 Å². The zero-order valence-electron chi connectivity index (χ0n) is 17.6. The van der Waals surface area contributed by atoms with E-state index in [9.17, 15) is 14.4 Å². The molecule has 0 spiro atoms. The van der Waals surface area contributed by atoms with Gasteiger partial charge in [0, 0.05) is 39.1 Å². The molecule has 0 atom stereocenters. The van der Waals surface area contributed by atoms with E-state index in [1.807, 2.05) is 45.0 Å². The number of nitrogens with zero attached hydrogens (tertiary/aromatic N) is 2. The summed E-state index contributed by atoms with van der Waals surface area (Å²) in [7, 11) is 0. The van der Waals surface area contributed by atoms with Gasteiger partial charge in [0.15, 0.2) is 0 Å². The quantitative estimate of drug-likeness (QED) is 0.743. The summed E-state index contributed by atoms with van der Waals surface area (Å²) >= 11 is 0. The molecule has 8 nitrogen and oxygen atoms in total. The van der Waals surface area contributed by atoms with Crippen LogP contribution < -0.4 is 11.1 Å². The molecule has 1 aliphatic heterocycles. The normalized spacial score (nSPS) is 14.5. The van der Waals surface area contributed by atoms with Crippen LogP contribution in [-0.2, 0) is 27.3 Å². The number of nitrogens with two attached hydrogens (primary N) is 1. The first kappa shape index (κ1) is 22.7. The lowest BCUT2D eigenvalue weighted by molar-refractivity contribution is -0.138. The first-order valence-electron chi connectivity index (χ1n) is 9.98. The molecular formula is C21H32N4O4. The van der Waals surface area contributed by atoms with Gasteiger partial charge < -0.3 is 25.6 Å². The maximum absolute atomic E-state index is 12.4. The van der Waals surface area contributed by atoms with Crippen LogP contribution in [0.2, 0.25) is 0 Å². The highest BCUT2D eigenvalue weighted by Crippen LogP contribution is 2.11. The van der Waals surface area contributed by atoms with Crippen molar-refractivity contribution in [1.82, 2.24) is 15.1 Å². The Morgan fingerprint density at radius 3 is 2.00 bits per heavy atom. The number of hydrogen-bond donors (Lipinski definition) is 2. The van der Waals surface area contributed by atoms with Crippen molar-refractivity contribution >= 4 is 17.9 Å². The second-order valence-electron chi connectivity index (χ2n) is 8.14. The van der Waals surface area contributed by atoms with Crippen LogP contribution in [0.15, 0.2) is 24.3 Å². The minimum absolute atomic E-state index is 0.0111. The molecule has 0 radical (unpaired) electrons. The van der Waals surface area contributed by atoms with Crippen molar-refractivity contribution in [2.75, 3.05) is 32.7 Å². The van der Waals surface area contributed by atoms with Gasteiger partial charge in [0.25, 0.3) is 0 Å². The summed E-state index contributed by atoms with van der Waals surface area (Å²) in [5, 5.41) is 2.73. The molecule has 29 heavy (non-hydrogen) atoms. The predicted octanol–water partition coefficient (Wildman–Crippen LogP) is 1.27. The molecule has 2 rings (SSSR count). The molecule has 1 aliphatic rings. The zero-order chi connectivity index (χ0) is 21.4. The number of benzene rings is 1. The monoisotopic (exact) mass is 404 g/mol. The molecule has 1 saturated heterocycles. The standard InChI is InChI=1S/C21H32N4O4/c1-21(2,3)29-20(28)23-15-17-6-4-16(5-7-17)8-9-18(26)24-10-12-25(13-11-24)19(27)14-22/h4-7H,8-15,22H2,1-3H3,(H,23,28). The Hall–Kier alpha value is -2.61. The van der Waals surface area contributed by atoms with Gasteiger partial charge in [-0.25, -0.2) is 4.79 Å². The van der Waals surface area contributed by atoms with Crippen LogP contribution in [-0.4, -0.2) is 66.0 Å². The largest absolute Gasteiger partial charge is 0.444 e. The average molecular weight is 405 g/mol. The van der Waals surface area contributed by atoms with E-state index in [0.29, 0.717) is 45.6 Å². The Kier molecular flexibility index (Phi) is 8.01. The molecular weight excluding hydrogens is 372 g/mol. The van der Waals surface area contributed by atoms with Gasteiger partial charge in [0.05, 0.1) is 6.54 Å². The summed E-state index contributed by atoms with van der Waals surface area (Å²) in [4.78, 5) is 39.2. The van der Waals surface area contributed by atoms with Gasteiger partial charge in [0.1, 0.15) is 5.60 Å². The number of rotatable bonds is 6. The Morgan fingerprint density at radius 1 is 0.966 bits per heavy atom. The Bertz CT molecular complexity index is 704. The van der Waals surface area contributed by atoms with Crippen molar-refractivity contribution in [2.24, 2.45) is 5.73 Å². The lowest BCUT2D eigenvalue weighted by atomic mass is 10.1. The summed E-state index contributed by atoms with van der Waals surface area (Å²) < 4.78 is 5.21. The summed E-state index contributed by atoms with van der Waals surface area (Å²) in [6.07, 6.45) is 0.640. The molecule has 1 fully saturated rings. The molecule has 1 heterocycles. The fourth-order valence-corrected chi connectivity index (χ4v) is 3.06. The second kappa shape index (κ2) is 10.2. The van der Waals surface area contributed by atoms with Crippen LogP contribution in [0.3, 0.4) is 0 Å². The van der Waals surface area contributed by atoms with Crippen molar-refractivity contribution in [1.29, 1.82) is 0 Å². The first-order valence-corrected chi connectivity index (χ1v) is 9.98. The van der Waals surface area contributed by atoms with Crippen LogP contribution in [0.5, 0.6) is 0 Å². The lowest BCUT2D eigenvalue weighted by Crippen LogP contribution is -2.51. The minimum atomic E-state index is -0.521. The number of aryl methyl sites for hydroxylation is 1. The van der Waals surface area contributed by atoms with E-state index in [-0.39, 0.29) is 18.4 Å². The fourth-order valence-electron chi connectivity index (χ4n) is 3.06. The van der Waals surface area contributed by atoms with Crippen molar-refractivity contribution in [3.8, 4) is 0 Å². The highest BCUT2D eigenvalue weighted by atomic mass is 16.6. The van der Waals surface area contributed by atoms with Crippen molar-refractivity contribution < 1.29 is 19.1 Å². The van der Waals surface area contributed by atoms with E-state index in [4.69, 9.17) is 10.5 Å². The molecule has 3 N–H and O–H groups in total. The van der Waals surface area contributed by atoms with Gasteiger partial charge in [-0.1, -0.05) is 24.3 Å². The maximum atomic E-state index is 12.4. The zero-order valence-corrected chi connectivity index (χ0v) is 17.6. The molecule has 1 aromatic rings.